The maximum absolute atomic E-state index is 12.6. The average molecular weight is 349 g/mol. The van der Waals surface area contributed by atoms with Crippen LogP contribution in [0.3, 0.4) is 0 Å². The molecule has 1 aliphatic heterocycles. The van der Waals surface area contributed by atoms with Gasteiger partial charge in [-0.25, -0.2) is 12.7 Å². The Morgan fingerprint density at radius 3 is 2.38 bits per heavy atom. The molecule has 8 nitrogen and oxygen atoms in total. The molecule has 1 fully saturated rings. The van der Waals surface area contributed by atoms with Gasteiger partial charge in [-0.3, -0.25) is 4.79 Å². The van der Waals surface area contributed by atoms with Gasteiger partial charge in [0.1, 0.15) is 0 Å². The maximum atomic E-state index is 12.6. The van der Waals surface area contributed by atoms with Crippen molar-refractivity contribution in [2.24, 2.45) is 0 Å². The van der Waals surface area contributed by atoms with Crippen LogP contribution in [-0.2, 0) is 10.0 Å². The summed E-state index contributed by atoms with van der Waals surface area (Å²) in [4.78, 5) is 16.1. The normalized spacial score (nSPS) is 18.3. The zero-order valence-corrected chi connectivity index (χ0v) is 14.3. The predicted molar refractivity (Wildman–Crippen MR) is 86.9 cm³/mol. The van der Waals surface area contributed by atoms with Gasteiger partial charge in [-0.05, 0) is 30.7 Å². The van der Waals surface area contributed by atoms with E-state index in [9.17, 15) is 13.2 Å². The molecule has 24 heavy (non-hydrogen) atoms. The zero-order valence-electron chi connectivity index (χ0n) is 13.5. The minimum absolute atomic E-state index is 0.0809. The molecule has 1 unspecified atom stereocenters. The molecule has 128 valence electrons. The molecule has 0 bridgehead atoms. The lowest BCUT2D eigenvalue weighted by atomic mass is 10.2. The topological polar surface area (TPSA) is 88.4 Å². The van der Waals surface area contributed by atoms with E-state index >= 15 is 0 Å². The molecule has 3 rings (SSSR count). The number of amides is 1. The summed E-state index contributed by atoms with van der Waals surface area (Å²) in [6.07, 6.45) is 4.04. The van der Waals surface area contributed by atoms with Crippen molar-refractivity contribution in [3.63, 3.8) is 0 Å². The Labute approximate surface area is 140 Å². The smallest absolute Gasteiger partial charge is 0.253 e. The van der Waals surface area contributed by atoms with Crippen molar-refractivity contribution in [3.05, 3.63) is 42.2 Å². The van der Waals surface area contributed by atoms with E-state index in [0.29, 0.717) is 18.7 Å². The molecule has 0 saturated carbocycles. The molecule has 1 aromatic carbocycles. The Hall–Kier alpha value is -2.26. The first-order valence-corrected chi connectivity index (χ1v) is 9.01. The van der Waals surface area contributed by atoms with Crippen molar-refractivity contribution in [1.29, 1.82) is 0 Å². The summed E-state index contributed by atoms with van der Waals surface area (Å²) >= 11 is 0. The van der Waals surface area contributed by atoms with Gasteiger partial charge >= 0.3 is 0 Å². The van der Waals surface area contributed by atoms with Gasteiger partial charge < -0.3 is 4.90 Å². The lowest BCUT2D eigenvalue weighted by molar-refractivity contribution is 0.0786. The Balaban J connectivity index is 1.72. The van der Waals surface area contributed by atoms with Crippen molar-refractivity contribution in [2.45, 2.75) is 17.4 Å². The number of likely N-dealkylation sites (tertiary alicyclic amines) is 1. The van der Waals surface area contributed by atoms with Gasteiger partial charge in [-0.15, -0.1) is 0 Å². The van der Waals surface area contributed by atoms with Crippen LogP contribution in [-0.4, -0.2) is 65.7 Å². The largest absolute Gasteiger partial charge is 0.336 e. The number of hydrogen-bond donors (Lipinski definition) is 0. The number of aromatic nitrogens is 3. The monoisotopic (exact) mass is 349 g/mol. The average Bonchev–Trinajstić information content (AvgIpc) is 3.25. The molecule has 9 heteroatoms. The first-order valence-electron chi connectivity index (χ1n) is 7.57. The van der Waals surface area contributed by atoms with E-state index in [1.807, 2.05) is 0 Å². The van der Waals surface area contributed by atoms with Crippen LogP contribution < -0.4 is 0 Å². The van der Waals surface area contributed by atoms with Gasteiger partial charge in [-0.1, -0.05) is 0 Å². The predicted octanol–water partition coefficient (Wildman–Crippen LogP) is 0.616. The van der Waals surface area contributed by atoms with E-state index in [1.54, 1.807) is 34.2 Å². The Morgan fingerprint density at radius 2 is 1.79 bits per heavy atom. The third kappa shape index (κ3) is 3.04. The van der Waals surface area contributed by atoms with Crippen LogP contribution in [0.4, 0.5) is 0 Å². The SMILES string of the molecule is CN(C)S(=O)(=O)c1ccc(C(=O)N2CCC(n3nccn3)C2)cc1. The lowest BCUT2D eigenvalue weighted by Gasteiger charge is -2.17. The number of benzene rings is 1. The van der Waals surface area contributed by atoms with E-state index < -0.39 is 10.0 Å². The summed E-state index contributed by atoms with van der Waals surface area (Å²) < 4.78 is 25.3. The second-order valence-corrected chi connectivity index (χ2v) is 8.01. The van der Waals surface area contributed by atoms with E-state index in [-0.39, 0.29) is 16.8 Å². The summed E-state index contributed by atoms with van der Waals surface area (Å²) in [5, 5.41) is 8.23. The fourth-order valence-corrected chi connectivity index (χ4v) is 3.59. The first kappa shape index (κ1) is 16.6. The third-order valence-corrected chi connectivity index (χ3v) is 5.92. The molecule has 1 aliphatic rings. The Morgan fingerprint density at radius 1 is 1.17 bits per heavy atom. The van der Waals surface area contributed by atoms with Crippen LogP contribution in [0.15, 0.2) is 41.6 Å². The molecule has 2 aromatic rings. The second kappa shape index (κ2) is 6.33. The Kier molecular flexibility index (Phi) is 4.37. The minimum Gasteiger partial charge on any atom is -0.336 e. The number of hydrogen-bond acceptors (Lipinski definition) is 5. The van der Waals surface area contributed by atoms with Crippen molar-refractivity contribution >= 4 is 15.9 Å². The number of carbonyl (C=O) groups excluding carboxylic acids is 1. The van der Waals surface area contributed by atoms with Crippen LogP contribution in [0.5, 0.6) is 0 Å². The standard InChI is InChI=1S/C15H19N5O3S/c1-18(2)24(22,23)14-5-3-12(4-6-14)15(21)19-10-7-13(11-19)20-16-8-9-17-20/h3-6,8-9,13H,7,10-11H2,1-2H3. The van der Waals surface area contributed by atoms with Gasteiger partial charge in [0.25, 0.3) is 5.91 Å². The minimum atomic E-state index is -3.49. The van der Waals surface area contributed by atoms with Gasteiger partial charge in [0.05, 0.1) is 23.3 Å². The summed E-state index contributed by atoms with van der Waals surface area (Å²) in [7, 11) is -0.540. The van der Waals surface area contributed by atoms with E-state index in [2.05, 4.69) is 10.2 Å². The van der Waals surface area contributed by atoms with Gasteiger partial charge in [0.15, 0.2) is 0 Å². The molecule has 2 heterocycles. The van der Waals surface area contributed by atoms with E-state index in [4.69, 9.17) is 0 Å². The second-order valence-electron chi connectivity index (χ2n) is 5.85. The van der Waals surface area contributed by atoms with Crippen LogP contribution >= 0.6 is 0 Å². The summed E-state index contributed by atoms with van der Waals surface area (Å²) in [6, 6.07) is 6.12. The first-order chi connectivity index (χ1) is 11.4. The molecule has 1 aromatic heterocycles. The molecule has 1 saturated heterocycles. The molecule has 0 spiro atoms. The number of rotatable bonds is 4. The molecular formula is C15H19N5O3S. The van der Waals surface area contributed by atoms with Crippen molar-refractivity contribution in [3.8, 4) is 0 Å². The van der Waals surface area contributed by atoms with E-state index in [1.165, 1.54) is 26.2 Å². The number of carbonyl (C=O) groups is 1. The fourth-order valence-electron chi connectivity index (χ4n) is 2.69. The highest BCUT2D eigenvalue weighted by atomic mass is 32.2. The van der Waals surface area contributed by atoms with Crippen LogP contribution in [0.1, 0.15) is 22.8 Å². The van der Waals surface area contributed by atoms with Crippen LogP contribution in [0.2, 0.25) is 0 Å². The van der Waals surface area contributed by atoms with E-state index in [0.717, 1.165) is 10.7 Å². The zero-order chi connectivity index (χ0) is 17.3. The molecule has 0 aliphatic carbocycles. The molecular weight excluding hydrogens is 330 g/mol. The lowest BCUT2D eigenvalue weighted by Crippen LogP contribution is -2.29. The fraction of sp³-hybridized carbons (Fsp3) is 0.400. The Bertz CT molecular complexity index is 815. The highest BCUT2D eigenvalue weighted by Crippen LogP contribution is 2.22. The number of sulfonamides is 1. The summed E-state index contributed by atoms with van der Waals surface area (Å²) in [6.45, 7) is 1.17. The number of nitrogens with zero attached hydrogens (tertiary/aromatic N) is 5. The molecule has 0 N–H and O–H groups in total. The quantitative estimate of drug-likeness (QED) is 0.807. The highest BCUT2D eigenvalue weighted by molar-refractivity contribution is 7.89. The molecule has 0 radical (unpaired) electrons. The maximum Gasteiger partial charge on any atom is 0.253 e. The summed E-state index contributed by atoms with van der Waals surface area (Å²) in [5.41, 5.74) is 0.474. The third-order valence-electron chi connectivity index (χ3n) is 4.09. The molecule has 1 atom stereocenters. The van der Waals surface area contributed by atoms with Crippen LogP contribution in [0, 0.1) is 0 Å². The summed E-state index contributed by atoms with van der Waals surface area (Å²) in [5.74, 6) is -0.113. The van der Waals surface area contributed by atoms with Gasteiger partial charge in [-0.2, -0.15) is 15.0 Å². The highest BCUT2D eigenvalue weighted by Gasteiger charge is 2.29. The van der Waals surface area contributed by atoms with Crippen molar-refractivity contribution < 1.29 is 13.2 Å². The van der Waals surface area contributed by atoms with Gasteiger partial charge in [0, 0.05) is 32.7 Å². The van der Waals surface area contributed by atoms with Crippen LogP contribution in [0.25, 0.3) is 0 Å². The van der Waals surface area contributed by atoms with Gasteiger partial charge in [0.2, 0.25) is 10.0 Å². The molecule has 1 amide bonds. The van der Waals surface area contributed by atoms with Crippen molar-refractivity contribution in [1.82, 2.24) is 24.2 Å². The van der Waals surface area contributed by atoms with Crippen molar-refractivity contribution in [2.75, 3.05) is 27.2 Å².